The number of nitrogens with zero attached hydrogens (tertiary/aromatic N) is 2. The van der Waals surface area contributed by atoms with Crippen molar-refractivity contribution in [2.45, 2.75) is 0 Å². The van der Waals surface area contributed by atoms with Gasteiger partial charge in [-0.25, -0.2) is 0 Å². The molecule has 0 unspecified atom stereocenters. The highest BCUT2D eigenvalue weighted by atomic mass is 35.5. The molecule has 3 N–H and O–H groups in total. The number of nitrogens with two attached hydrogens (primary N) is 1. The second-order valence-electron chi connectivity index (χ2n) is 4.30. The third-order valence-corrected chi connectivity index (χ3v) is 3.32. The van der Waals surface area contributed by atoms with Gasteiger partial charge in [-0.3, -0.25) is 15.2 Å². The van der Waals surface area contributed by atoms with Gasteiger partial charge in [-0.05, 0) is 24.3 Å². The first-order chi connectivity index (χ1) is 9.56. The van der Waals surface area contributed by atoms with E-state index < -0.39 is 4.92 Å². The zero-order valence-corrected chi connectivity index (χ0v) is 10.9. The van der Waals surface area contributed by atoms with E-state index in [1.807, 2.05) is 6.07 Å². The molecule has 100 valence electrons. The minimum atomic E-state index is -0.515. The standard InChI is InChI=1S/C13H9ClN4O2/c14-10-4-1-7(5-12(10)18(19)20)13-9-3-2-8(15)6-11(9)16-17-13/h1-6H,15H2,(H,16,17). The van der Waals surface area contributed by atoms with E-state index in [4.69, 9.17) is 17.3 Å². The molecule has 3 rings (SSSR count). The molecule has 1 heterocycles. The molecule has 20 heavy (non-hydrogen) atoms. The van der Waals surface area contributed by atoms with Crippen molar-refractivity contribution in [2.75, 3.05) is 5.73 Å². The summed E-state index contributed by atoms with van der Waals surface area (Å²) in [6.07, 6.45) is 0. The molecule has 0 fully saturated rings. The second-order valence-corrected chi connectivity index (χ2v) is 4.71. The van der Waals surface area contributed by atoms with E-state index in [0.717, 1.165) is 10.9 Å². The maximum Gasteiger partial charge on any atom is 0.288 e. The van der Waals surface area contributed by atoms with Crippen molar-refractivity contribution in [1.29, 1.82) is 0 Å². The minimum Gasteiger partial charge on any atom is -0.399 e. The number of aromatic amines is 1. The summed E-state index contributed by atoms with van der Waals surface area (Å²) in [6.45, 7) is 0. The van der Waals surface area contributed by atoms with Crippen LogP contribution in [0.25, 0.3) is 22.2 Å². The van der Waals surface area contributed by atoms with Gasteiger partial charge in [0, 0.05) is 22.7 Å². The predicted octanol–water partition coefficient (Wildman–Crippen LogP) is 3.37. The fourth-order valence-electron chi connectivity index (χ4n) is 2.06. The van der Waals surface area contributed by atoms with Crippen molar-refractivity contribution < 1.29 is 4.92 Å². The van der Waals surface area contributed by atoms with Crippen molar-refractivity contribution in [3.63, 3.8) is 0 Å². The summed E-state index contributed by atoms with van der Waals surface area (Å²) in [5.41, 5.74) is 8.20. The number of benzene rings is 2. The zero-order valence-electron chi connectivity index (χ0n) is 10.1. The summed E-state index contributed by atoms with van der Waals surface area (Å²) >= 11 is 5.81. The van der Waals surface area contributed by atoms with Crippen LogP contribution in [0.3, 0.4) is 0 Å². The maximum atomic E-state index is 10.9. The van der Waals surface area contributed by atoms with Crippen molar-refractivity contribution in [3.05, 3.63) is 51.5 Å². The smallest absolute Gasteiger partial charge is 0.288 e. The van der Waals surface area contributed by atoms with Gasteiger partial charge in [0.2, 0.25) is 0 Å². The van der Waals surface area contributed by atoms with Crippen LogP contribution in [0, 0.1) is 10.1 Å². The van der Waals surface area contributed by atoms with E-state index in [-0.39, 0.29) is 10.7 Å². The molecule has 0 atom stereocenters. The number of fused-ring (bicyclic) bond motifs is 1. The number of hydrogen-bond donors (Lipinski definition) is 2. The van der Waals surface area contributed by atoms with Gasteiger partial charge in [-0.1, -0.05) is 17.7 Å². The third kappa shape index (κ3) is 1.96. The molecule has 0 saturated carbocycles. The fourth-order valence-corrected chi connectivity index (χ4v) is 2.24. The van der Waals surface area contributed by atoms with E-state index in [9.17, 15) is 10.1 Å². The van der Waals surface area contributed by atoms with Crippen LogP contribution in [0.2, 0.25) is 5.02 Å². The van der Waals surface area contributed by atoms with E-state index in [1.54, 1.807) is 18.2 Å². The largest absolute Gasteiger partial charge is 0.399 e. The quantitative estimate of drug-likeness (QED) is 0.429. The lowest BCUT2D eigenvalue weighted by atomic mass is 10.1. The first-order valence-corrected chi connectivity index (χ1v) is 6.12. The average molecular weight is 289 g/mol. The lowest BCUT2D eigenvalue weighted by Crippen LogP contribution is -1.90. The Bertz CT molecular complexity index is 828. The van der Waals surface area contributed by atoms with Gasteiger partial charge in [0.15, 0.2) is 0 Å². The molecular formula is C13H9ClN4O2. The second kappa shape index (κ2) is 4.50. The van der Waals surface area contributed by atoms with Gasteiger partial charge in [-0.2, -0.15) is 5.10 Å². The number of nitrogens with one attached hydrogen (secondary N) is 1. The third-order valence-electron chi connectivity index (χ3n) is 3.00. The number of aromatic nitrogens is 2. The SMILES string of the molecule is Nc1ccc2c(-c3ccc(Cl)c([N+](=O)[O-])c3)n[nH]c2c1. The Morgan fingerprint density at radius 3 is 2.80 bits per heavy atom. The number of H-pyrrole nitrogens is 1. The van der Waals surface area contributed by atoms with Crippen LogP contribution < -0.4 is 5.73 Å². The predicted molar refractivity (Wildman–Crippen MR) is 77.6 cm³/mol. The summed E-state index contributed by atoms with van der Waals surface area (Å²) in [4.78, 5) is 10.4. The Labute approximate surface area is 118 Å². The number of rotatable bonds is 2. The topological polar surface area (TPSA) is 97.8 Å². The minimum absolute atomic E-state index is 0.0998. The van der Waals surface area contributed by atoms with Gasteiger partial charge in [0.05, 0.1) is 10.4 Å². The summed E-state index contributed by atoms with van der Waals surface area (Å²) in [7, 11) is 0. The van der Waals surface area contributed by atoms with Crippen LogP contribution in [0.5, 0.6) is 0 Å². The van der Waals surface area contributed by atoms with Crippen molar-refractivity contribution in [3.8, 4) is 11.3 Å². The Balaban J connectivity index is 2.21. The molecule has 0 radical (unpaired) electrons. The van der Waals surface area contributed by atoms with Crippen LogP contribution in [0.15, 0.2) is 36.4 Å². The molecule has 2 aromatic carbocycles. The molecular weight excluding hydrogens is 280 g/mol. The molecule has 0 spiro atoms. The maximum absolute atomic E-state index is 10.9. The molecule has 0 aliphatic carbocycles. The highest BCUT2D eigenvalue weighted by Crippen LogP contribution is 2.33. The van der Waals surface area contributed by atoms with Crippen LogP contribution in [-0.2, 0) is 0 Å². The number of nitrogen functional groups attached to an aromatic ring is 1. The number of hydrogen-bond acceptors (Lipinski definition) is 4. The summed E-state index contributed by atoms with van der Waals surface area (Å²) in [6, 6.07) is 9.94. The number of nitro groups is 1. The summed E-state index contributed by atoms with van der Waals surface area (Å²) in [5.74, 6) is 0. The number of nitro benzene ring substituents is 1. The molecule has 0 aliphatic heterocycles. The van der Waals surface area contributed by atoms with Crippen LogP contribution in [0.4, 0.5) is 11.4 Å². The Kier molecular flexibility index (Phi) is 2.80. The van der Waals surface area contributed by atoms with Gasteiger partial charge in [-0.15, -0.1) is 0 Å². The molecule has 1 aromatic heterocycles. The Morgan fingerprint density at radius 2 is 2.05 bits per heavy atom. The molecule has 0 amide bonds. The van der Waals surface area contributed by atoms with Crippen LogP contribution >= 0.6 is 11.6 Å². The number of halogens is 1. The highest BCUT2D eigenvalue weighted by molar-refractivity contribution is 6.32. The van der Waals surface area contributed by atoms with Crippen molar-refractivity contribution >= 4 is 33.9 Å². The number of anilines is 1. The lowest BCUT2D eigenvalue weighted by molar-refractivity contribution is -0.384. The Hall–Kier alpha value is -2.60. The average Bonchev–Trinajstić information content (AvgIpc) is 2.82. The molecule has 7 heteroatoms. The highest BCUT2D eigenvalue weighted by Gasteiger charge is 2.16. The Morgan fingerprint density at radius 1 is 1.25 bits per heavy atom. The van der Waals surface area contributed by atoms with Gasteiger partial charge >= 0.3 is 0 Å². The summed E-state index contributed by atoms with van der Waals surface area (Å²) < 4.78 is 0. The monoisotopic (exact) mass is 288 g/mol. The van der Waals surface area contributed by atoms with Gasteiger partial charge in [0.1, 0.15) is 10.7 Å². The first kappa shape index (κ1) is 12.4. The lowest BCUT2D eigenvalue weighted by Gasteiger charge is -2.00. The zero-order chi connectivity index (χ0) is 14.3. The normalized spacial score (nSPS) is 10.8. The van der Waals surface area contributed by atoms with Crippen molar-refractivity contribution in [1.82, 2.24) is 10.2 Å². The van der Waals surface area contributed by atoms with Gasteiger partial charge in [0.25, 0.3) is 5.69 Å². The van der Waals surface area contributed by atoms with E-state index in [1.165, 1.54) is 12.1 Å². The van der Waals surface area contributed by atoms with E-state index in [2.05, 4.69) is 10.2 Å². The van der Waals surface area contributed by atoms with Crippen molar-refractivity contribution in [2.24, 2.45) is 0 Å². The molecule has 6 nitrogen and oxygen atoms in total. The fraction of sp³-hybridized carbons (Fsp3) is 0. The van der Waals surface area contributed by atoms with Crippen LogP contribution in [-0.4, -0.2) is 15.1 Å². The van der Waals surface area contributed by atoms with Crippen LogP contribution in [0.1, 0.15) is 0 Å². The molecule has 3 aromatic rings. The molecule has 0 aliphatic rings. The first-order valence-electron chi connectivity index (χ1n) is 5.74. The summed E-state index contributed by atoms with van der Waals surface area (Å²) in [5, 5.41) is 18.9. The molecule has 0 bridgehead atoms. The van der Waals surface area contributed by atoms with Gasteiger partial charge < -0.3 is 5.73 Å². The van der Waals surface area contributed by atoms with E-state index >= 15 is 0 Å². The molecule has 0 saturated heterocycles. The van der Waals surface area contributed by atoms with E-state index in [0.29, 0.717) is 16.9 Å².